The molecule has 0 saturated heterocycles. The van der Waals surface area contributed by atoms with E-state index in [9.17, 15) is 4.79 Å². The van der Waals surface area contributed by atoms with Gasteiger partial charge in [0.05, 0.1) is 0 Å². The van der Waals surface area contributed by atoms with Crippen LogP contribution in [0.2, 0.25) is 0 Å². The highest BCUT2D eigenvalue weighted by atomic mass is 35.5. The highest BCUT2D eigenvalue weighted by molar-refractivity contribution is 6.29. The van der Waals surface area contributed by atoms with Crippen LogP contribution in [0.1, 0.15) is 18.1 Å². The number of aryl methyl sites for hydroxylation is 2. The summed E-state index contributed by atoms with van der Waals surface area (Å²) in [5, 5.41) is 2.77. The molecule has 1 amide bonds. The number of anilines is 1. The molecule has 1 rings (SSSR count). The van der Waals surface area contributed by atoms with Crippen LogP contribution in [-0.2, 0) is 11.2 Å². The Hall–Kier alpha value is -1.02. The van der Waals surface area contributed by atoms with Crippen molar-refractivity contribution in [1.29, 1.82) is 0 Å². The number of halogens is 1. The predicted molar refractivity (Wildman–Crippen MR) is 59.9 cm³/mol. The van der Waals surface area contributed by atoms with Crippen molar-refractivity contribution >= 4 is 23.2 Å². The van der Waals surface area contributed by atoms with Crippen molar-refractivity contribution in [2.24, 2.45) is 0 Å². The average Bonchev–Trinajstić information content (AvgIpc) is 2.20. The summed E-state index contributed by atoms with van der Waals surface area (Å²) in [6.07, 6.45) is 0.902. The Morgan fingerprint density at radius 1 is 1.50 bits per heavy atom. The fraction of sp³-hybridized carbons (Fsp3) is 0.364. The molecule has 0 saturated carbocycles. The van der Waals surface area contributed by atoms with Crippen LogP contribution in [0.4, 0.5) is 5.69 Å². The molecule has 0 aliphatic carbocycles. The summed E-state index contributed by atoms with van der Waals surface area (Å²) in [6, 6.07) is 5.96. The lowest BCUT2D eigenvalue weighted by Gasteiger charge is -2.09. The molecule has 0 fully saturated rings. The third-order valence-corrected chi connectivity index (χ3v) is 2.28. The number of carbonyl (C=O) groups is 1. The Bertz CT molecular complexity index is 336. The van der Waals surface area contributed by atoms with Gasteiger partial charge in [-0.1, -0.05) is 24.6 Å². The molecule has 1 N–H and O–H groups in total. The van der Waals surface area contributed by atoms with Crippen molar-refractivity contribution in [3.63, 3.8) is 0 Å². The van der Waals surface area contributed by atoms with Gasteiger partial charge in [-0.15, -0.1) is 11.6 Å². The summed E-state index contributed by atoms with van der Waals surface area (Å²) in [5.74, 6) is -0.165. The lowest BCUT2D eigenvalue weighted by atomic mass is 10.1. The van der Waals surface area contributed by atoms with Crippen LogP contribution in [0.15, 0.2) is 18.2 Å². The largest absolute Gasteiger partial charge is 0.325 e. The van der Waals surface area contributed by atoms with Crippen LogP contribution in [0.5, 0.6) is 0 Å². The Balaban J connectivity index is 2.90. The first-order valence-electron chi connectivity index (χ1n) is 4.62. The van der Waals surface area contributed by atoms with Gasteiger partial charge in [-0.05, 0) is 25.0 Å². The zero-order valence-corrected chi connectivity index (χ0v) is 9.19. The maximum Gasteiger partial charge on any atom is 0.239 e. The monoisotopic (exact) mass is 211 g/mol. The van der Waals surface area contributed by atoms with E-state index >= 15 is 0 Å². The van der Waals surface area contributed by atoms with E-state index in [2.05, 4.69) is 18.3 Å². The molecule has 0 aliphatic heterocycles. The first-order valence-corrected chi connectivity index (χ1v) is 5.16. The highest BCUT2D eigenvalue weighted by Gasteiger charge is 2.04. The van der Waals surface area contributed by atoms with Crippen molar-refractivity contribution in [3.8, 4) is 0 Å². The molecule has 1 aromatic carbocycles. The van der Waals surface area contributed by atoms with Gasteiger partial charge >= 0.3 is 0 Å². The van der Waals surface area contributed by atoms with Crippen LogP contribution < -0.4 is 5.32 Å². The van der Waals surface area contributed by atoms with Crippen LogP contribution in [-0.4, -0.2) is 11.8 Å². The van der Waals surface area contributed by atoms with Crippen LogP contribution in [0.3, 0.4) is 0 Å². The van der Waals surface area contributed by atoms with Crippen LogP contribution in [0, 0.1) is 6.92 Å². The maximum atomic E-state index is 11.1. The number of amides is 1. The number of alkyl halides is 1. The Morgan fingerprint density at radius 3 is 2.79 bits per heavy atom. The highest BCUT2D eigenvalue weighted by Crippen LogP contribution is 2.17. The van der Waals surface area contributed by atoms with E-state index < -0.39 is 0 Å². The molecule has 0 bridgehead atoms. The lowest BCUT2D eigenvalue weighted by Crippen LogP contribution is -2.13. The fourth-order valence-electron chi connectivity index (χ4n) is 1.32. The molecule has 1 aromatic rings. The summed E-state index contributed by atoms with van der Waals surface area (Å²) in [5.41, 5.74) is 3.21. The molecular formula is C11H14ClNO. The van der Waals surface area contributed by atoms with Crippen molar-refractivity contribution in [3.05, 3.63) is 29.3 Å². The molecule has 2 nitrogen and oxygen atoms in total. The van der Waals surface area contributed by atoms with Gasteiger partial charge in [-0.2, -0.15) is 0 Å². The van der Waals surface area contributed by atoms with Gasteiger partial charge in [0.15, 0.2) is 0 Å². The fourth-order valence-corrected chi connectivity index (χ4v) is 1.39. The standard InChI is InChI=1S/C11H14ClNO/c1-3-9-6-8(2)4-5-10(9)13-11(14)7-12/h4-6H,3,7H2,1-2H3,(H,13,14). The number of benzene rings is 1. The first kappa shape index (κ1) is 11.1. The number of rotatable bonds is 3. The molecule has 0 heterocycles. The van der Waals surface area contributed by atoms with Gasteiger partial charge in [0, 0.05) is 5.69 Å². The summed E-state index contributed by atoms with van der Waals surface area (Å²) in [4.78, 5) is 11.1. The number of hydrogen-bond donors (Lipinski definition) is 1. The molecule has 0 radical (unpaired) electrons. The SMILES string of the molecule is CCc1cc(C)ccc1NC(=O)CCl. The summed E-state index contributed by atoms with van der Waals surface area (Å²) < 4.78 is 0. The quantitative estimate of drug-likeness (QED) is 0.766. The smallest absolute Gasteiger partial charge is 0.239 e. The molecule has 0 aliphatic rings. The third kappa shape index (κ3) is 2.74. The third-order valence-electron chi connectivity index (χ3n) is 2.04. The molecular weight excluding hydrogens is 198 g/mol. The van der Waals surface area contributed by atoms with Gasteiger partial charge in [-0.25, -0.2) is 0 Å². The number of carbonyl (C=O) groups excluding carboxylic acids is 1. The van der Waals surface area contributed by atoms with Crippen molar-refractivity contribution < 1.29 is 4.79 Å². The number of nitrogens with one attached hydrogen (secondary N) is 1. The Morgan fingerprint density at radius 2 is 2.21 bits per heavy atom. The molecule has 0 spiro atoms. The molecule has 76 valence electrons. The molecule has 0 unspecified atom stereocenters. The van der Waals surface area contributed by atoms with Crippen molar-refractivity contribution in [1.82, 2.24) is 0 Å². The molecule has 3 heteroatoms. The molecule has 0 aromatic heterocycles. The minimum Gasteiger partial charge on any atom is -0.325 e. The normalized spacial score (nSPS) is 9.93. The minimum absolute atomic E-state index is 0.00295. The minimum atomic E-state index is -0.162. The van der Waals surface area contributed by atoms with Crippen molar-refractivity contribution in [2.75, 3.05) is 11.2 Å². The second kappa shape index (κ2) is 5.01. The predicted octanol–water partition coefficient (Wildman–Crippen LogP) is 2.73. The van der Waals surface area contributed by atoms with Crippen LogP contribution >= 0.6 is 11.6 Å². The molecule has 0 atom stereocenters. The second-order valence-corrected chi connectivity index (χ2v) is 3.46. The first-order chi connectivity index (χ1) is 6.67. The lowest BCUT2D eigenvalue weighted by molar-refractivity contribution is -0.113. The van der Waals surface area contributed by atoms with Gasteiger partial charge in [0.2, 0.25) is 5.91 Å². The molecule has 14 heavy (non-hydrogen) atoms. The van der Waals surface area contributed by atoms with Gasteiger partial charge in [-0.3, -0.25) is 4.79 Å². The van der Waals surface area contributed by atoms with E-state index in [1.165, 1.54) is 5.56 Å². The zero-order valence-electron chi connectivity index (χ0n) is 8.43. The van der Waals surface area contributed by atoms with E-state index in [0.29, 0.717) is 0 Å². The summed E-state index contributed by atoms with van der Waals surface area (Å²) in [6.45, 7) is 4.09. The van der Waals surface area contributed by atoms with E-state index in [1.54, 1.807) is 0 Å². The Labute approximate surface area is 89.3 Å². The van der Waals surface area contributed by atoms with E-state index in [4.69, 9.17) is 11.6 Å². The van der Waals surface area contributed by atoms with E-state index in [-0.39, 0.29) is 11.8 Å². The number of hydrogen-bond acceptors (Lipinski definition) is 1. The van der Waals surface area contributed by atoms with Crippen LogP contribution in [0.25, 0.3) is 0 Å². The summed E-state index contributed by atoms with van der Waals surface area (Å²) >= 11 is 5.42. The van der Waals surface area contributed by atoms with Gasteiger partial charge in [0.25, 0.3) is 0 Å². The van der Waals surface area contributed by atoms with E-state index in [1.807, 2.05) is 19.1 Å². The van der Waals surface area contributed by atoms with E-state index in [0.717, 1.165) is 17.7 Å². The zero-order chi connectivity index (χ0) is 10.6. The maximum absolute atomic E-state index is 11.1. The van der Waals surface area contributed by atoms with Gasteiger partial charge < -0.3 is 5.32 Å². The second-order valence-electron chi connectivity index (χ2n) is 3.20. The van der Waals surface area contributed by atoms with Crippen molar-refractivity contribution in [2.45, 2.75) is 20.3 Å². The Kier molecular flexibility index (Phi) is 3.96. The summed E-state index contributed by atoms with van der Waals surface area (Å²) in [7, 11) is 0. The average molecular weight is 212 g/mol. The van der Waals surface area contributed by atoms with Gasteiger partial charge in [0.1, 0.15) is 5.88 Å². The topological polar surface area (TPSA) is 29.1 Å².